The van der Waals surface area contributed by atoms with Crippen LogP contribution in [-0.2, 0) is 23.1 Å². The first kappa shape index (κ1) is 47.5. The molecule has 4 fully saturated rings. The van der Waals surface area contributed by atoms with Crippen LogP contribution in [0, 0.1) is 46.3 Å². The largest absolute Gasteiger partial charge is 0.515 e. The molecule has 10 unspecified atom stereocenters. The van der Waals surface area contributed by atoms with Crippen molar-refractivity contribution in [2.75, 3.05) is 59.2 Å². The van der Waals surface area contributed by atoms with Crippen molar-refractivity contribution in [3.05, 3.63) is 11.6 Å². The van der Waals surface area contributed by atoms with Crippen LogP contribution in [0.25, 0.3) is 0 Å². The van der Waals surface area contributed by atoms with Crippen LogP contribution in [0.15, 0.2) is 26.6 Å². The minimum atomic E-state index is -3.69. The molecular formula is C43H79N9O6P+. The maximum absolute atomic E-state index is 13.6. The number of carbonyl (C=O) groups is 1. The molecule has 0 spiro atoms. The highest BCUT2D eigenvalue weighted by atomic mass is 31.2. The molecule has 1 aliphatic heterocycles. The lowest BCUT2D eigenvalue weighted by Gasteiger charge is -2.58. The third-order valence-corrected chi connectivity index (χ3v) is 16.4. The van der Waals surface area contributed by atoms with E-state index < -0.39 is 7.75 Å². The number of ether oxygens (including phenoxy) is 2. The molecule has 10 atom stereocenters. The molecule has 5 aliphatic rings. The zero-order valence-electron chi connectivity index (χ0n) is 36.9. The Hall–Kier alpha value is -2.55. The van der Waals surface area contributed by atoms with Crippen molar-refractivity contribution >= 4 is 32.0 Å². The molecule has 0 aromatic carbocycles. The van der Waals surface area contributed by atoms with Crippen molar-refractivity contribution in [1.29, 1.82) is 0 Å². The molecule has 336 valence electrons. The van der Waals surface area contributed by atoms with Crippen LogP contribution >= 0.6 is 7.75 Å². The predicted molar refractivity (Wildman–Crippen MR) is 235 cm³/mol. The minimum Gasteiger partial charge on any atom is -0.416 e. The zero-order valence-corrected chi connectivity index (χ0v) is 37.8. The second-order valence-corrected chi connectivity index (χ2v) is 20.8. The van der Waals surface area contributed by atoms with E-state index in [1.165, 1.54) is 51.4 Å². The van der Waals surface area contributed by atoms with Gasteiger partial charge in [-0.3, -0.25) is 24.0 Å². The third kappa shape index (κ3) is 12.8. The fourth-order valence-electron chi connectivity index (χ4n) is 11.7. The summed E-state index contributed by atoms with van der Waals surface area (Å²) >= 11 is 0. The highest BCUT2D eigenvalue weighted by Gasteiger charge is 2.59. The molecule has 59 heavy (non-hydrogen) atoms. The molecule has 1 saturated heterocycles. The Labute approximate surface area is 354 Å². The Bertz CT molecular complexity index is 1510. The number of hydrogen-bond donors (Lipinski definition) is 6. The van der Waals surface area contributed by atoms with Crippen LogP contribution in [0.2, 0.25) is 0 Å². The highest BCUT2D eigenvalue weighted by Crippen LogP contribution is 2.67. The van der Waals surface area contributed by atoms with Gasteiger partial charge in [0.25, 0.3) is 0 Å². The van der Waals surface area contributed by atoms with E-state index in [2.05, 4.69) is 60.8 Å². The lowest BCUT2D eigenvalue weighted by Crippen LogP contribution is -3.16. The number of guanidine groups is 2. The first-order chi connectivity index (χ1) is 28.1. The Morgan fingerprint density at radius 3 is 2.36 bits per heavy atom. The molecule has 4 aliphatic carbocycles. The normalized spacial score (nSPS) is 32.2. The predicted octanol–water partition coefficient (Wildman–Crippen LogP) is 4.95. The van der Waals surface area contributed by atoms with E-state index in [4.69, 9.17) is 41.5 Å². The van der Waals surface area contributed by atoms with Crippen LogP contribution < -0.4 is 32.9 Å². The first-order valence-corrected chi connectivity index (χ1v) is 24.3. The van der Waals surface area contributed by atoms with Gasteiger partial charge in [-0.2, -0.15) is 4.79 Å². The molecule has 0 aromatic rings. The Kier molecular flexibility index (Phi) is 17.7. The third-order valence-electron chi connectivity index (χ3n) is 14.7. The van der Waals surface area contributed by atoms with Gasteiger partial charge in [0.15, 0.2) is 11.9 Å². The number of rotatable bonds is 22. The van der Waals surface area contributed by atoms with Crippen LogP contribution in [-0.4, -0.2) is 95.5 Å². The highest BCUT2D eigenvalue weighted by molar-refractivity contribution is 7.51. The number of likely N-dealkylation sites (tertiary alicyclic amines) is 1. The standard InChI is InChI=1S/C43H78N9O6P/c1-30(2)8-6-9-31(3)36-13-14-37-35-12-11-32-28-34(15-17-42(32,4)38(35)16-18-43(36,37)5)58-41(53)52-23-7-10-33(52)29-48-19-24-55-25-22-51-59(54,56-26-20-49-39(44)45)57-27-21-50-40(46)47/h11,29-31,33-38H,6-10,12-28H2,1-5H3,(H,51,54)(H4,44,45,49)(H4,46,47,50)/p+1. The number of nitrogens with one attached hydrogen (secondary N) is 2. The van der Waals surface area contributed by atoms with Gasteiger partial charge in [-0.05, 0) is 91.3 Å². The van der Waals surface area contributed by atoms with Crippen molar-refractivity contribution in [1.82, 2.24) is 5.09 Å². The van der Waals surface area contributed by atoms with Gasteiger partial charge in [-0.1, -0.05) is 65.5 Å². The quantitative estimate of drug-likeness (QED) is 0.0281. The number of aliphatic imine (C=N–C) groups is 3. The molecule has 1 amide bonds. The van der Waals surface area contributed by atoms with Crippen LogP contribution in [0.3, 0.4) is 0 Å². The monoisotopic (exact) mass is 849 g/mol. The van der Waals surface area contributed by atoms with E-state index in [0.717, 1.165) is 79.1 Å². The summed E-state index contributed by atoms with van der Waals surface area (Å²) in [4.78, 5) is 26.7. The number of carbonyl (C=O) groups excluding carboxylic acids is 1. The number of quaternary nitrogens is 1. The number of amides is 1. The number of fused-ring (bicyclic) bond motifs is 5. The summed E-state index contributed by atoms with van der Waals surface area (Å²) in [5.74, 6) is 4.72. The van der Waals surface area contributed by atoms with E-state index in [0.29, 0.717) is 18.6 Å². The smallest absolute Gasteiger partial charge is 0.416 e. The summed E-state index contributed by atoms with van der Waals surface area (Å²) in [6.45, 7) is 14.7. The van der Waals surface area contributed by atoms with E-state index in [9.17, 15) is 9.36 Å². The second kappa shape index (κ2) is 22.0. The zero-order chi connectivity index (χ0) is 42.6. The summed E-state index contributed by atoms with van der Waals surface area (Å²) in [7, 11) is -3.69. The Morgan fingerprint density at radius 1 is 0.932 bits per heavy atom. The van der Waals surface area contributed by atoms with Crippen molar-refractivity contribution in [2.24, 2.45) is 84.2 Å². The number of allylic oxidation sites excluding steroid dienone is 1. The maximum Gasteiger partial charge on any atom is 0.515 e. The van der Waals surface area contributed by atoms with Crippen LogP contribution in [0.1, 0.15) is 118 Å². The van der Waals surface area contributed by atoms with Crippen LogP contribution in [0.4, 0.5) is 4.79 Å². The van der Waals surface area contributed by atoms with E-state index >= 15 is 0 Å². The van der Waals surface area contributed by atoms with Crippen molar-refractivity contribution in [3.63, 3.8) is 0 Å². The number of nitrogens with zero attached hydrogens (tertiary/aromatic N) is 3. The van der Waals surface area contributed by atoms with Gasteiger partial charge in [0, 0.05) is 25.8 Å². The summed E-state index contributed by atoms with van der Waals surface area (Å²) in [6.07, 6.45) is 20.0. The summed E-state index contributed by atoms with van der Waals surface area (Å²) < 4.78 is 36.0. The Morgan fingerprint density at radius 2 is 1.66 bits per heavy atom. The van der Waals surface area contributed by atoms with E-state index in [1.807, 2.05) is 6.21 Å². The molecule has 0 aromatic heterocycles. The average Bonchev–Trinajstić information content (AvgIpc) is 3.80. The molecule has 0 bridgehead atoms. The number of alkyl carbamates (subject to hydrolysis) is 2. The number of nitrogens with two attached hydrogens (primary N) is 4. The summed E-state index contributed by atoms with van der Waals surface area (Å²) in [5, 5.41) is 2.78. The molecule has 1 heterocycles. The van der Waals surface area contributed by atoms with Crippen molar-refractivity contribution < 1.29 is 32.8 Å². The summed E-state index contributed by atoms with van der Waals surface area (Å²) in [5.41, 5.74) is 23.7. The van der Waals surface area contributed by atoms with Gasteiger partial charge in [0.2, 0.25) is 0 Å². The minimum absolute atomic E-state index is 0.00419. The van der Waals surface area contributed by atoms with E-state index in [1.54, 1.807) is 5.57 Å². The number of hydrogen-bond acceptors (Lipinski definition) is 9. The molecule has 5 rings (SSSR count). The Balaban J connectivity index is 1.03. The fourth-order valence-corrected chi connectivity index (χ4v) is 13.0. The second-order valence-electron chi connectivity index (χ2n) is 18.9. The van der Waals surface area contributed by atoms with Gasteiger partial charge in [0.05, 0.1) is 58.8 Å². The van der Waals surface area contributed by atoms with Gasteiger partial charge in [-0.15, -0.1) is 0 Å². The lowest BCUT2D eigenvalue weighted by atomic mass is 9.47. The van der Waals surface area contributed by atoms with Gasteiger partial charge < -0.3 is 32.4 Å². The lowest BCUT2D eigenvalue weighted by molar-refractivity contribution is -0.825. The fraction of sp³-hybridized carbons (Fsp3) is 0.860. The molecule has 10 N–H and O–H groups in total. The van der Waals surface area contributed by atoms with Gasteiger partial charge >= 0.3 is 13.8 Å². The summed E-state index contributed by atoms with van der Waals surface area (Å²) in [6, 6.07) is -0.00419. The first-order valence-electron chi connectivity index (χ1n) is 22.7. The van der Waals surface area contributed by atoms with Gasteiger partial charge in [0.1, 0.15) is 12.1 Å². The molecular weight excluding hydrogens is 770 g/mol. The molecule has 15 nitrogen and oxygen atoms in total. The van der Waals surface area contributed by atoms with Crippen molar-refractivity contribution in [2.45, 2.75) is 130 Å². The van der Waals surface area contributed by atoms with Gasteiger partial charge in [-0.25, -0.2) is 14.6 Å². The SMILES string of the molecule is CC(C)CCCC(C)C1CCC2C3CC=C4CC(OC(=O)[NH+]5CCCC5C=NCCOCCNP(=O)(OCCN=C(N)N)OCCN=C(N)N)CCC4(C)C3CCC12C. The van der Waals surface area contributed by atoms with Crippen LogP contribution in [0.5, 0.6) is 0 Å². The molecule has 16 heteroatoms. The van der Waals surface area contributed by atoms with E-state index in [-0.39, 0.29) is 75.0 Å². The maximum atomic E-state index is 13.6. The molecule has 0 radical (unpaired) electrons. The topological polar surface area (TPSA) is 229 Å². The van der Waals surface area contributed by atoms with Crippen molar-refractivity contribution in [3.8, 4) is 0 Å². The average molecular weight is 849 g/mol. The molecule has 3 saturated carbocycles.